The first kappa shape index (κ1) is 15.6. The summed E-state index contributed by atoms with van der Waals surface area (Å²) in [6, 6.07) is 9.42. The van der Waals surface area contributed by atoms with E-state index in [-0.39, 0.29) is 10.7 Å². The number of carbonyl (C=O) groups excluding carboxylic acids is 1. The number of carbonyl (C=O) groups is 1. The molecule has 2 aromatic carbocycles. The van der Waals surface area contributed by atoms with Crippen LogP contribution in [0.4, 0.5) is 11.4 Å². The maximum atomic E-state index is 11.1. The predicted molar refractivity (Wildman–Crippen MR) is 83.4 cm³/mol. The van der Waals surface area contributed by atoms with Crippen LogP contribution in [-0.4, -0.2) is 11.3 Å². The molecule has 5 nitrogen and oxygen atoms in total. The zero-order valence-electron chi connectivity index (χ0n) is 10.4. The standard InChI is InChI=1S/C13H8Cl2N2O3S/c14-8-3-2-6-11(12(8)16-7-18)21-13-9(15)4-1-5-10(13)17(19)20/h1-7H,(H,16,18). The number of hydrogen-bond donors (Lipinski definition) is 1. The third-order valence-electron chi connectivity index (χ3n) is 2.53. The Morgan fingerprint density at radius 2 is 1.81 bits per heavy atom. The molecular formula is C13H8Cl2N2O3S. The number of halogens is 2. The highest BCUT2D eigenvalue weighted by molar-refractivity contribution is 7.99. The molecule has 0 atom stereocenters. The number of hydrogen-bond acceptors (Lipinski definition) is 4. The van der Waals surface area contributed by atoms with Crippen molar-refractivity contribution in [1.82, 2.24) is 0 Å². The van der Waals surface area contributed by atoms with E-state index in [0.29, 0.717) is 26.9 Å². The van der Waals surface area contributed by atoms with Crippen LogP contribution < -0.4 is 5.32 Å². The van der Waals surface area contributed by atoms with Gasteiger partial charge in [-0.1, -0.05) is 47.1 Å². The quantitative estimate of drug-likeness (QED) is 0.488. The van der Waals surface area contributed by atoms with Crippen LogP contribution in [0.25, 0.3) is 0 Å². The molecule has 0 heterocycles. The summed E-state index contributed by atoms with van der Waals surface area (Å²) in [7, 11) is 0. The second kappa shape index (κ2) is 6.80. The van der Waals surface area contributed by atoms with E-state index < -0.39 is 4.92 Å². The SMILES string of the molecule is O=CNc1c(Cl)cccc1Sc1c(Cl)cccc1[N+](=O)[O-]. The van der Waals surface area contributed by atoms with E-state index in [1.165, 1.54) is 12.1 Å². The molecular weight excluding hydrogens is 335 g/mol. The number of nitro groups is 1. The van der Waals surface area contributed by atoms with Gasteiger partial charge in [0, 0.05) is 11.0 Å². The lowest BCUT2D eigenvalue weighted by Gasteiger charge is -2.10. The van der Waals surface area contributed by atoms with Crippen LogP contribution in [0.2, 0.25) is 10.0 Å². The van der Waals surface area contributed by atoms with E-state index in [4.69, 9.17) is 23.2 Å². The molecule has 1 N–H and O–H groups in total. The van der Waals surface area contributed by atoms with E-state index in [9.17, 15) is 14.9 Å². The number of nitro benzene ring substituents is 1. The van der Waals surface area contributed by atoms with Crippen LogP contribution in [0.3, 0.4) is 0 Å². The molecule has 8 heteroatoms. The Hall–Kier alpha value is -1.76. The Labute approximate surface area is 134 Å². The zero-order valence-corrected chi connectivity index (χ0v) is 12.7. The Kier molecular flexibility index (Phi) is 5.06. The second-order valence-corrected chi connectivity index (χ2v) is 5.69. The summed E-state index contributed by atoms with van der Waals surface area (Å²) in [5, 5.41) is 14.2. The molecule has 0 aliphatic heterocycles. The number of rotatable bonds is 5. The van der Waals surface area contributed by atoms with Gasteiger partial charge in [-0.05, 0) is 18.2 Å². The molecule has 2 rings (SSSR count). The molecule has 0 unspecified atom stereocenters. The van der Waals surface area contributed by atoms with Gasteiger partial charge in [0.15, 0.2) is 0 Å². The van der Waals surface area contributed by atoms with Gasteiger partial charge in [-0.2, -0.15) is 0 Å². The lowest BCUT2D eigenvalue weighted by molar-refractivity contribution is -0.387. The third kappa shape index (κ3) is 3.47. The monoisotopic (exact) mass is 342 g/mol. The van der Waals surface area contributed by atoms with Gasteiger partial charge in [0.2, 0.25) is 6.41 Å². The summed E-state index contributed by atoms with van der Waals surface area (Å²) >= 11 is 13.1. The Morgan fingerprint density at radius 3 is 2.48 bits per heavy atom. The number of amides is 1. The van der Waals surface area contributed by atoms with Crippen molar-refractivity contribution in [2.24, 2.45) is 0 Å². The van der Waals surface area contributed by atoms with Crippen molar-refractivity contribution in [3.8, 4) is 0 Å². The first-order valence-corrected chi connectivity index (χ1v) is 7.21. The van der Waals surface area contributed by atoms with Crippen LogP contribution in [0.15, 0.2) is 46.2 Å². The number of benzene rings is 2. The fourth-order valence-electron chi connectivity index (χ4n) is 1.64. The van der Waals surface area contributed by atoms with E-state index >= 15 is 0 Å². The smallest absolute Gasteiger partial charge is 0.284 e. The molecule has 0 saturated carbocycles. The minimum Gasteiger partial charge on any atom is -0.326 e. The molecule has 0 radical (unpaired) electrons. The summed E-state index contributed by atoms with van der Waals surface area (Å²) in [6.07, 6.45) is 0.492. The highest BCUT2D eigenvalue weighted by Crippen LogP contribution is 2.43. The van der Waals surface area contributed by atoms with Gasteiger partial charge in [0.25, 0.3) is 5.69 Å². The molecule has 0 aliphatic rings. The summed E-state index contributed by atoms with van der Waals surface area (Å²) in [4.78, 5) is 22.1. The molecule has 108 valence electrons. The lowest BCUT2D eigenvalue weighted by atomic mass is 10.3. The molecule has 0 aromatic heterocycles. The van der Waals surface area contributed by atoms with Crippen molar-refractivity contribution >= 4 is 52.7 Å². The van der Waals surface area contributed by atoms with E-state index in [0.717, 1.165) is 11.8 Å². The molecule has 0 saturated heterocycles. The number of nitrogens with zero attached hydrogens (tertiary/aromatic N) is 1. The van der Waals surface area contributed by atoms with Gasteiger partial charge >= 0.3 is 0 Å². The van der Waals surface area contributed by atoms with Gasteiger partial charge in [-0.15, -0.1) is 0 Å². The van der Waals surface area contributed by atoms with Crippen LogP contribution >= 0.6 is 35.0 Å². The minimum absolute atomic E-state index is 0.107. The minimum atomic E-state index is -0.508. The maximum Gasteiger partial charge on any atom is 0.284 e. The highest BCUT2D eigenvalue weighted by Gasteiger charge is 2.19. The molecule has 0 fully saturated rings. The van der Waals surface area contributed by atoms with E-state index in [1.807, 2.05) is 0 Å². The van der Waals surface area contributed by atoms with Crippen molar-refractivity contribution in [1.29, 1.82) is 0 Å². The summed E-state index contributed by atoms with van der Waals surface area (Å²) in [6.45, 7) is 0. The fraction of sp³-hybridized carbons (Fsp3) is 0. The largest absolute Gasteiger partial charge is 0.326 e. The molecule has 1 amide bonds. The van der Waals surface area contributed by atoms with Gasteiger partial charge < -0.3 is 5.32 Å². The van der Waals surface area contributed by atoms with Crippen molar-refractivity contribution in [3.63, 3.8) is 0 Å². The predicted octanol–water partition coefficient (Wildman–Crippen LogP) is 4.62. The maximum absolute atomic E-state index is 11.1. The molecule has 21 heavy (non-hydrogen) atoms. The van der Waals surface area contributed by atoms with Crippen LogP contribution in [0.5, 0.6) is 0 Å². The van der Waals surface area contributed by atoms with Crippen molar-refractivity contribution in [3.05, 3.63) is 56.6 Å². The molecule has 0 bridgehead atoms. The molecule has 0 aliphatic carbocycles. The van der Waals surface area contributed by atoms with E-state index in [1.54, 1.807) is 24.3 Å². The summed E-state index contributed by atoms with van der Waals surface area (Å²) in [5.74, 6) is 0. The molecule has 2 aromatic rings. The topological polar surface area (TPSA) is 72.2 Å². The van der Waals surface area contributed by atoms with Crippen LogP contribution in [0.1, 0.15) is 0 Å². The first-order chi connectivity index (χ1) is 10.0. The zero-order chi connectivity index (χ0) is 15.4. The van der Waals surface area contributed by atoms with Crippen molar-refractivity contribution in [2.75, 3.05) is 5.32 Å². The lowest BCUT2D eigenvalue weighted by Crippen LogP contribution is -1.97. The third-order valence-corrected chi connectivity index (χ3v) is 4.47. The Bertz CT molecular complexity index is 710. The first-order valence-electron chi connectivity index (χ1n) is 5.64. The summed E-state index contributed by atoms with van der Waals surface area (Å²) < 4.78 is 0. The molecule has 0 spiro atoms. The summed E-state index contributed by atoms with van der Waals surface area (Å²) in [5.41, 5.74) is 0.276. The van der Waals surface area contributed by atoms with Gasteiger partial charge in [-0.3, -0.25) is 14.9 Å². The number of anilines is 1. The van der Waals surface area contributed by atoms with Crippen LogP contribution in [0, 0.1) is 10.1 Å². The number of para-hydroxylation sites is 1. The van der Waals surface area contributed by atoms with E-state index in [2.05, 4.69) is 5.32 Å². The van der Waals surface area contributed by atoms with Crippen molar-refractivity contribution < 1.29 is 9.72 Å². The Balaban J connectivity index is 2.51. The fourth-order valence-corrected chi connectivity index (χ4v) is 3.26. The van der Waals surface area contributed by atoms with Crippen molar-refractivity contribution in [2.45, 2.75) is 9.79 Å². The average Bonchev–Trinajstić information content (AvgIpc) is 2.44. The van der Waals surface area contributed by atoms with Crippen LogP contribution in [-0.2, 0) is 4.79 Å². The second-order valence-electron chi connectivity index (χ2n) is 3.82. The van der Waals surface area contributed by atoms with Gasteiger partial charge in [0.1, 0.15) is 4.90 Å². The van der Waals surface area contributed by atoms with Gasteiger partial charge in [-0.25, -0.2) is 0 Å². The Morgan fingerprint density at radius 1 is 1.14 bits per heavy atom. The number of nitrogens with one attached hydrogen (secondary N) is 1. The average molecular weight is 343 g/mol. The highest BCUT2D eigenvalue weighted by atomic mass is 35.5. The normalized spacial score (nSPS) is 10.2. The van der Waals surface area contributed by atoms with Gasteiger partial charge in [0.05, 0.1) is 20.7 Å².